The van der Waals surface area contributed by atoms with Gasteiger partial charge < -0.3 is 69.0 Å². The van der Waals surface area contributed by atoms with Gasteiger partial charge in [0, 0.05) is 37.1 Å². The lowest BCUT2D eigenvalue weighted by Crippen LogP contribution is -2.46. The van der Waals surface area contributed by atoms with Crippen LogP contribution in [-0.4, -0.2) is 103 Å². The molecule has 0 aliphatic carbocycles. The molecule has 24 nitrogen and oxygen atoms in total. The summed E-state index contributed by atoms with van der Waals surface area (Å²) in [6.07, 6.45) is -2.44. The third kappa shape index (κ3) is 16.1. The number of amides is 2. The zero-order chi connectivity index (χ0) is 43.5. The molecule has 28 heteroatoms. The van der Waals surface area contributed by atoms with Crippen LogP contribution in [0.5, 0.6) is 0 Å². The molecule has 2 unspecified atom stereocenters. The summed E-state index contributed by atoms with van der Waals surface area (Å²) in [7, 11) is -17.6. The molecule has 3 rings (SSSR count). The van der Waals surface area contributed by atoms with Gasteiger partial charge >= 0.3 is 0 Å². The lowest BCUT2D eigenvalue weighted by molar-refractivity contribution is -0.347. The van der Waals surface area contributed by atoms with Crippen molar-refractivity contribution in [2.75, 3.05) is 37.8 Å². The minimum atomic E-state index is -5.91. The van der Waals surface area contributed by atoms with E-state index in [1.807, 2.05) is 13.8 Å². The molecule has 0 radical (unpaired) electrons. The fourth-order valence-electron chi connectivity index (χ4n) is 5.15. The number of hydrogen-bond acceptors (Lipinski definition) is 22. The zero-order valence-electron chi connectivity index (χ0n) is 31.8. The number of nitrogens with zero attached hydrogens (tertiary/aromatic N) is 4. The molecule has 1 aliphatic heterocycles. The van der Waals surface area contributed by atoms with E-state index in [0.29, 0.717) is 12.2 Å². The number of phosphoric acid groups is 3. The number of nitrogens with two attached hydrogens (primary N) is 1. The predicted molar refractivity (Wildman–Crippen MR) is 196 cm³/mol. The molecule has 2 aromatic rings. The number of anilines is 1. The Hall–Kier alpha value is -2.70. The number of allylic oxidation sites excluding steroid dienone is 2. The smallest absolute Gasteiger partial charge is 0.274 e. The van der Waals surface area contributed by atoms with E-state index in [4.69, 9.17) is 10.5 Å². The van der Waals surface area contributed by atoms with Crippen LogP contribution in [0.15, 0.2) is 24.3 Å². The van der Waals surface area contributed by atoms with Gasteiger partial charge in [0.2, 0.25) is 11.8 Å². The van der Waals surface area contributed by atoms with E-state index in [1.54, 1.807) is 0 Å². The number of rotatable bonds is 24. The number of hydrogen-bond donors (Lipinski definition) is 5. The molecule has 0 saturated carbocycles. The highest BCUT2D eigenvalue weighted by molar-refractivity contribution is 8.13. The second-order valence-corrected chi connectivity index (χ2v) is 18.9. The fourth-order valence-corrected chi connectivity index (χ4v) is 8.61. The van der Waals surface area contributed by atoms with Crippen molar-refractivity contribution in [3.05, 3.63) is 24.3 Å². The van der Waals surface area contributed by atoms with Crippen LogP contribution in [-0.2, 0) is 50.7 Å². The van der Waals surface area contributed by atoms with Crippen molar-refractivity contribution < 1.29 is 80.5 Å². The zero-order valence-corrected chi connectivity index (χ0v) is 35.3. The summed E-state index contributed by atoms with van der Waals surface area (Å²) in [5.41, 5.74) is 5.30. The molecule has 3 heterocycles. The number of carbonyl (C=O) groups is 3. The number of carbonyl (C=O) groups excluding carboxylic acids is 3. The van der Waals surface area contributed by atoms with E-state index in [-0.39, 0.29) is 41.6 Å². The molecule has 0 spiro atoms. The number of aliphatic hydroxyl groups is 2. The van der Waals surface area contributed by atoms with Gasteiger partial charge in [-0.15, -0.1) is 0 Å². The first-order valence-corrected chi connectivity index (χ1v) is 22.9. The Balaban J connectivity index is 1.44. The average molecular weight is 902 g/mol. The van der Waals surface area contributed by atoms with Crippen molar-refractivity contribution in [2.24, 2.45) is 5.41 Å². The molecular weight excluding hydrogens is 855 g/mol. The Morgan fingerprint density at radius 3 is 2.41 bits per heavy atom. The number of ether oxygens (including phenoxy) is 1. The molecule has 2 aromatic heterocycles. The normalized spacial score (nSPS) is 21.2. The molecule has 1 saturated heterocycles. The van der Waals surface area contributed by atoms with Crippen LogP contribution in [0.1, 0.15) is 66.0 Å². The molecule has 1 aliphatic rings. The van der Waals surface area contributed by atoms with Crippen LogP contribution in [0.3, 0.4) is 0 Å². The molecule has 2 amide bonds. The van der Waals surface area contributed by atoms with E-state index in [2.05, 4.69) is 49.5 Å². The Bertz CT molecular complexity index is 1910. The molecule has 0 aromatic carbocycles. The Labute approximate surface area is 337 Å². The molecular formula is C30H46N7O17P3S-4. The minimum absolute atomic E-state index is 0.0204. The van der Waals surface area contributed by atoms with Crippen LogP contribution in [0, 0.1) is 5.41 Å². The number of thioether (sulfide) groups is 1. The predicted octanol–water partition coefficient (Wildman–Crippen LogP) is -1.34. The Morgan fingerprint density at radius 2 is 1.74 bits per heavy atom. The van der Waals surface area contributed by atoms with Gasteiger partial charge in [0.1, 0.15) is 36.3 Å². The van der Waals surface area contributed by atoms with Gasteiger partial charge in [-0.05, 0) is 33.1 Å². The molecule has 1 fully saturated rings. The van der Waals surface area contributed by atoms with Crippen molar-refractivity contribution in [3.63, 3.8) is 0 Å². The summed E-state index contributed by atoms with van der Waals surface area (Å²) < 4.78 is 60.6. The van der Waals surface area contributed by atoms with Crippen LogP contribution in [0.2, 0.25) is 0 Å². The summed E-state index contributed by atoms with van der Waals surface area (Å²) in [5, 5.41) is 26.3. The standard InChI is InChI=1S/C30H50N7O17P3S/c1-18(2)8-6-5-7-9-21(39)58-13-12-32-20(38)10-11-33-28(42)25(41)30(3,4)15-51-57(48,49)54-56(46,47)50-14-19-24(53-55(43,44)45)23(40)29(52-19)37-17-36-22-26(31)34-16-35-27(22)37/h8,16-17,19,23-25,29,40-41H,5-7,9-15H2,1-4H3,(H,32,38)(H,33,42)(H,46,47)(H,48,49)(H2,31,34,35)(H2,43,44,45)/p-4/t19-,23-,24-,25+,29-/m1/s1. The number of imidazole rings is 1. The SMILES string of the molecule is CC(C)=CCCCCC(=O)SCCNC(=O)CCNC(=O)[C@H](O)C(C)(C)COP(=O)([O-])OP(=O)([O-])OC[C@H]1O[C@@H](n2cnc3c(N)ncnc32)[C@H](O)[C@@H]1OP(=O)([O-])[O-]. The summed E-state index contributed by atoms with van der Waals surface area (Å²) in [5.74, 6) is -1.17. The van der Waals surface area contributed by atoms with Crippen molar-refractivity contribution >= 4 is 69.1 Å². The monoisotopic (exact) mass is 901 g/mol. The number of aromatic nitrogens is 4. The van der Waals surface area contributed by atoms with Crippen molar-refractivity contribution in [1.82, 2.24) is 30.2 Å². The second-order valence-electron chi connectivity index (χ2n) is 13.7. The number of aliphatic hydroxyl groups excluding tert-OH is 2. The van der Waals surface area contributed by atoms with Gasteiger partial charge in [-0.1, -0.05) is 37.3 Å². The van der Waals surface area contributed by atoms with E-state index in [0.717, 1.165) is 48.2 Å². The quantitative estimate of drug-likeness (QED) is 0.0462. The number of fused-ring (bicyclic) bond motifs is 1. The lowest BCUT2D eigenvalue weighted by atomic mass is 9.87. The van der Waals surface area contributed by atoms with Crippen LogP contribution in [0.25, 0.3) is 11.2 Å². The topological polar surface area (TPSA) is 375 Å². The number of phosphoric ester groups is 3. The highest BCUT2D eigenvalue weighted by atomic mass is 32.2. The largest absolute Gasteiger partial charge is 0.790 e. The molecule has 6 N–H and O–H groups in total. The molecule has 58 heavy (non-hydrogen) atoms. The summed E-state index contributed by atoms with van der Waals surface area (Å²) in [4.78, 5) is 96.1. The van der Waals surface area contributed by atoms with E-state index < -0.39 is 84.6 Å². The highest BCUT2D eigenvalue weighted by Gasteiger charge is 2.47. The number of nitrogens with one attached hydrogen (secondary N) is 2. The fraction of sp³-hybridized carbons (Fsp3) is 0.667. The van der Waals surface area contributed by atoms with Crippen LogP contribution in [0.4, 0.5) is 5.82 Å². The first-order valence-electron chi connectivity index (χ1n) is 17.5. The van der Waals surface area contributed by atoms with Crippen molar-refractivity contribution in [2.45, 2.75) is 90.4 Å². The second kappa shape index (κ2) is 21.7. The highest BCUT2D eigenvalue weighted by Crippen LogP contribution is 2.56. The van der Waals surface area contributed by atoms with E-state index in [1.165, 1.54) is 19.4 Å². The van der Waals surface area contributed by atoms with Crippen molar-refractivity contribution in [1.29, 1.82) is 0 Å². The van der Waals surface area contributed by atoms with Crippen molar-refractivity contribution in [3.8, 4) is 0 Å². The molecule has 0 bridgehead atoms. The first-order chi connectivity index (χ1) is 26.9. The maximum Gasteiger partial charge on any atom is 0.274 e. The Morgan fingerprint density at radius 1 is 1.05 bits per heavy atom. The van der Waals surface area contributed by atoms with Crippen LogP contribution < -0.4 is 35.9 Å². The Kier molecular flexibility index (Phi) is 18.6. The summed E-state index contributed by atoms with van der Waals surface area (Å²) >= 11 is 1.11. The maximum absolute atomic E-state index is 12.5. The van der Waals surface area contributed by atoms with E-state index in [9.17, 15) is 57.9 Å². The van der Waals surface area contributed by atoms with Crippen LogP contribution >= 0.6 is 35.2 Å². The third-order valence-corrected chi connectivity index (χ3v) is 12.1. The van der Waals surface area contributed by atoms with Gasteiger partial charge in [-0.25, -0.2) is 19.3 Å². The first kappa shape index (κ1) is 49.7. The summed E-state index contributed by atoms with van der Waals surface area (Å²) in [6, 6.07) is 0. The maximum atomic E-state index is 12.5. The van der Waals surface area contributed by atoms with Gasteiger partial charge in [0.15, 0.2) is 22.8 Å². The lowest BCUT2D eigenvalue weighted by Gasteiger charge is -2.36. The summed E-state index contributed by atoms with van der Waals surface area (Å²) in [6.45, 7) is 4.15. The number of nitrogen functional groups attached to an aromatic ring is 1. The van der Waals surface area contributed by atoms with Gasteiger partial charge in [-0.3, -0.25) is 28.1 Å². The van der Waals surface area contributed by atoms with Gasteiger partial charge in [0.05, 0.1) is 27.4 Å². The average Bonchev–Trinajstić information content (AvgIpc) is 3.67. The number of unbranched alkanes of at least 4 members (excludes halogenated alkanes) is 2. The molecule has 7 atom stereocenters. The van der Waals surface area contributed by atoms with Gasteiger partial charge in [-0.2, -0.15) is 0 Å². The molecule has 328 valence electrons. The minimum Gasteiger partial charge on any atom is -0.790 e. The van der Waals surface area contributed by atoms with E-state index >= 15 is 0 Å². The van der Waals surface area contributed by atoms with Gasteiger partial charge in [0.25, 0.3) is 15.6 Å². The third-order valence-electron chi connectivity index (χ3n) is 8.13.